The average molecular weight is 261 g/mol. The maximum atomic E-state index is 11.6. The maximum absolute atomic E-state index is 11.6. The Kier molecular flexibility index (Phi) is 3.25. The van der Waals surface area contributed by atoms with Gasteiger partial charge in [0.25, 0.3) is 0 Å². The first kappa shape index (κ1) is 13.1. The Morgan fingerprint density at radius 2 is 2.11 bits per heavy atom. The van der Waals surface area contributed by atoms with E-state index in [1.165, 1.54) is 6.92 Å². The van der Waals surface area contributed by atoms with Gasteiger partial charge in [-0.2, -0.15) is 0 Å². The molecule has 1 amide bonds. The first-order valence-corrected chi connectivity index (χ1v) is 5.87. The molecular weight excluding hydrogens is 246 g/mol. The number of fused-ring (bicyclic) bond motifs is 1. The summed E-state index contributed by atoms with van der Waals surface area (Å²) in [4.78, 5) is 26.7. The van der Waals surface area contributed by atoms with Crippen molar-refractivity contribution in [3.05, 3.63) is 24.0 Å². The van der Waals surface area contributed by atoms with Crippen LogP contribution in [0.2, 0.25) is 0 Å². The largest absolute Gasteiger partial charge is 0.481 e. The van der Waals surface area contributed by atoms with E-state index in [1.54, 1.807) is 12.1 Å². The van der Waals surface area contributed by atoms with Crippen molar-refractivity contribution in [2.45, 2.75) is 13.8 Å². The Labute approximate surface area is 110 Å². The van der Waals surface area contributed by atoms with Gasteiger partial charge in [-0.15, -0.1) is 0 Å². The van der Waals surface area contributed by atoms with Crippen molar-refractivity contribution in [2.24, 2.45) is 13.0 Å². The predicted octanol–water partition coefficient (Wildman–Crippen LogP) is 1.54. The van der Waals surface area contributed by atoms with Gasteiger partial charge in [-0.25, -0.2) is 4.98 Å². The lowest BCUT2D eigenvalue weighted by molar-refractivity contribution is -0.144. The summed E-state index contributed by atoms with van der Waals surface area (Å²) in [6.45, 7) is 3.24. The number of carbonyl (C=O) groups is 2. The number of carboxylic acid groups (broad SMARTS) is 1. The zero-order valence-electron chi connectivity index (χ0n) is 11.0. The van der Waals surface area contributed by atoms with E-state index in [2.05, 4.69) is 10.3 Å². The summed E-state index contributed by atoms with van der Waals surface area (Å²) in [6.07, 6.45) is 0. The summed E-state index contributed by atoms with van der Waals surface area (Å²) in [6, 6.07) is 5.31. The van der Waals surface area contributed by atoms with Gasteiger partial charge >= 0.3 is 5.97 Å². The summed E-state index contributed by atoms with van der Waals surface area (Å²) in [7, 11) is 1.91. The summed E-state index contributed by atoms with van der Waals surface area (Å²) in [5.41, 5.74) is 2.27. The highest BCUT2D eigenvalue weighted by atomic mass is 16.4. The highest BCUT2D eigenvalue weighted by Crippen LogP contribution is 2.19. The van der Waals surface area contributed by atoms with E-state index < -0.39 is 17.8 Å². The van der Waals surface area contributed by atoms with Crippen LogP contribution in [0.4, 0.5) is 5.69 Å². The molecule has 2 aromatic rings. The molecule has 1 unspecified atom stereocenters. The predicted molar refractivity (Wildman–Crippen MR) is 70.9 cm³/mol. The van der Waals surface area contributed by atoms with E-state index in [0.717, 1.165) is 16.9 Å². The molecule has 1 heterocycles. The van der Waals surface area contributed by atoms with Crippen molar-refractivity contribution in [1.29, 1.82) is 0 Å². The van der Waals surface area contributed by atoms with E-state index in [1.807, 2.05) is 24.6 Å². The smallest absolute Gasteiger partial charge is 0.315 e. The molecule has 2 N–H and O–H groups in total. The standard InChI is InChI=1S/C13H15N3O3/c1-7(13(18)19)12(17)15-9-4-5-11-10(6-9)14-8(2)16(11)3/h4-7H,1-3H3,(H,15,17)(H,18,19). The molecule has 0 aliphatic carbocycles. The van der Waals surface area contributed by atoms with Gasteiger partial charge in [0.1, 0.15) is 11.7 Å². The molecule has 0 radical (unpaired) electrons. The van der Waals surface area contributed by atoms with Crippen LogP contribution in [0, 0.1) is 12.8 Å². The fraction of sp³-hybridized carbons (Fsp3) is 0.308. The number of carboxylic acids is 1. The highest BCUT2D eigenvalue weighted by molar-refractivity contribution is 6.04. The molecule has 19 heavy (non-hydrogen) atoms. The number of aryl methyl sites for hydroxylation is 2. The fourth-order valence-electron chi connectivity index (χ4n) is 1.76. The number of amides is 1. The minimum atomic E-state index is -1.15. The zero-order valence-corrected chi connectivity index (χ0v) is 11.0. The van der Waals surface area contributed by atoms with Gasteiger partial charge in [0, 0.05) is 12.7 Å². The lowest BCUT2D eigenvalue weighted by Crippen LogP contribution is -2.26. The molecule has 1 atom stereocenters. The molecule has 2 rings (SSSR count). The summed E-state index contributed by atoms with van der Waals surface area (Å²) >= 11 is 0. The van der Waals surface area contributed by atoms with Crippen LogP contribution in [0.1, 0.15) is 12.7 Å². The van der Waals surface area contributed by atoms with Crippen LogP contribution in [-0.4, -0.2) is 26.5 Å². The van der Waals surface area contributed by atoms with Gasteiger partial charge in [0.15, 0.2) is 0 Å². The Morgan fingerprint density at radius 3 is 2.74 bits per heavy atom. The van der Waals surface area contributed by atoms with Crippen LogP contribution in [-0.2, 0) is 16.6 Å². The van der Waals surface area contributed by atoms with Crippen LogP contribution >= 0.6 is 0 Å². The van der Waals surface area contributed by atoms with Gasteiger partial charge in [-0.1, -0.05) is 0 Å². The van der Waals surface area contributed by atoms with Crippen molar-refractivity contribution in [3.63, 3.8) is 0 Å². The number of hydrogen-bond donors (Lipinski definition) is 2. The molecule has 6 heteroatoms. The Balaban J connectivity index is 2.27. The molecule has 0 aliphatic heterocycles. The minimum absolute atomic E-state index is 0.542. The molecule has 0 aliphatic rings. The SMILES string of the molecule is Cc1nc2cc(NC(=O)C(C)C(=O)O)ccc2n1C. The van der Waals surface area contributed by atoms with Crippen LogP contribution in [0.25, 0.3) is 11.0 Å². The molecule has 0 saturated heterocycles. The third-order valence-corrected chi connectivity index (χ3v) is 3.14. The minimum Gasteiger partial charge on any atom is -0.481 e. The van der Waals surface area contributed by atoms with Crippen molar-refractivity contribution in [2.75, 3.05) is 5.32 Å². The molecule has 0 bridgehead atoms. The number of hydrogen-bond acceptors (Lipinski definition) is 3. The second-order valence-corrected chi connectivity index (χ2v) is 4.47. The number of aliphatic carboxylic acids is 1. The van der Waals surface area contributed by atoms with E-state index in [4.69, 9.17) is 5.11 Å². The van der Waals surface area contributed by atoms with Gasteiger partial charge in [0.2, 0.25) is 5.91 Å². The van der Waals surface area contributed by atoms with E-state index >= 15 is 0 Å². The molecule has 1 aromatic carbocycles. The molecule has 100 valence electrons. The number of benzene rings is 1. The van der Waals surface area contributed by atoms with E-state index in [-0.39, 0.29) is 0 Å². The van der Waals surface area contributed by atoms with Crippen molar-refractivity contribution in [1.82, 2.24) is 9.55 Å². The van der Waals surface area contributed by atoms with Gasteiger partial charge in [-0.3, -0.25) is 9.59 Å². The summed E-state index contributed by atoms with van der Waals surface area (Å²) < 4.78 is 1.95. The van der Waals surface area contributed by atoms with E-state index in [9.17, 15) is 9.59 Å². The fourth-order valence-corrected chi connectivity index (χ4v) is 1.76. The van der Waals surface area contributed by atoms with Crippen LogP contribution < -0.4 is 5.32 Å². The Morgan fingerprint density at radius 1 is 1.42 bits per heavy atom. The quantitative estimate of drug-likeness (QED) is 0.821. The zero-order chi connectivity index (χ0) is 14.2. The lowest BCUT2D eigenvalue weighted by Gasteiger charge is -2.08. The molecule has 0 spiro atoms. The summed E-state index contributed by atoms with van der Waals surface area (Å²) in [5, 5.41) is 11.3. The third kappa shape index (κ3) is 2.42. The van der Waals surface area contributed by atoms with Crippen molar-refractivity contribution < 1.29 is 14.7 Å². The number of imidazole rings is 1. The van der Waals surface area contributed by atoms with E-state index in [0.29, 0.717) is 5.69 Å². The lowest BCUT2D eigenvalue weighted by atomic mass is 10.1. The number of aromatic nitrogens is 2. The van der Waals surface area contributed by atoms with Crippen LogP contribution in [0.15, 0.2) is 18.2 Å². The number of nitrogens with zero attached hydrogens (tertiary/aromatic N) is 2. The topological polar surface area (TPSA) is 84.2 Å². The molecule has 0 fully saturated rings. The maximum Gasteiger partial charge on any atom is 0.315 e. The second kappa shape index (κ2) is 4.72. The molecule has 0 saturated carbocycles. The summed E-state index contributed by atoms with van der Waals surface area (Å²) in [5.74, 6) is -1.90. The van der Waals surface area contributed by atoms with Crippen molar-refractivity contribution in [3.8, 4) is 0 Å². The normalized spacial score (nSPS) is 12.4. The monoisotopic (exact) mass is 261 g/mol. The Hall–Kier alpha value is -2.37. The first-order chi connectivity index (χ1) is 8.90. The second-order valence-electron chi connectivity index (χ2n) is 4.47. The Bertz CT molecular complexity index is 660. The first-order valence-electron chi connectivity index (χ1n) is 5.87. The number of carbonyl (C=O) groups excluding carboxylic acids is 1. The number of nitrogens with one attached hydrogen (secondary N) is 1. The number of rotatable bonds is 3. The van der Waals surface area contributed by atoms with Crippen molar-refractivity contribution >= 4 is 28.6 Å². The van der Waals surface area contributed by atoms with Gasteiger partial charge < -0.3 is 15.0 Å². The highest BCUT2D eigenvalue weighted by Gasteiger charge is 2.20. The number of anilines is 1. The molecule has 1 aromatic heterocycles. The average Bonchev–Trinajstić information content (AvgIpc) is 2.63. The molecular formula is C13H15N3O3. The van der Waals surface area contributed by atoms with Gasteiger partial charge in [0.05, 0.1) is 11.0 Å². The van der Waals surface area contributed by atoms with Crippen LogP contribution in [0.5, 0.6) is 0 Å². The van der Waals surface area contributed by atoms with Gasteiger partial charge in [-0.05, 0) is 32.0 Å². The van der Waals surface area contributed by atoms with Crippen LogP contribution in [0.3, 0.4) is 0 Å². The molecule has 6 nitrogen and oxygen atoms in total. The third-order valence-electron chi connectivity index (χ3n) is 3.14.